The van der Waals surface area contributed by atoms with Crippen molar-refractivity contribution < 1.29 is 4.79 Å². The Kier molecular flexibility index (Phi) is 3.00. The van der Waals surface area contributed by atoms with E-state index in [-0.39, 0.29) is 5.91 Å². The lowest BCUT2D eigenvalue weighted by Gasteiger charge is -2.12. The van der Waals surface area contributed by atoms with E-state index in [1.54, 1.807) is 0 Å². The van der Waals surface area contributed by atoms with Crippen LogP contribution in [0.2, 0.25) is 0 Å². The van der Waals surface area contributed by atoms with Crippen LogP contribution in [0.4, 0.5) is 0 Å². The average molecular weight is 221 g/mol. The van der Waals surface area contributed by atoms with Crippen LogP contribution >= 0.6 is 11.8 Å². The van der Waals surface area contributed by atoms with Crippen LogP contribution in [0.1, 0.15) is 23.2 Å². The summed E-state index contributed by atoms with van der Waals surface area (Å²) in [6.45, 7) is 0.794. The fourth-order valence-corrected chi connectivity index (χ4v) is 2.25. The van der Waals surface area contributed by atoms with Crippen molar-refractivity contribution in [2.75, 3.05) is 12.8 Å². The monoisotopic (exact) mass is 221 g/mol. The average Bonchev–Trinajstić information content (AvgIpc) is 3.08. The smallest absolute Gasteiger partial charge is 0.251 e. The first-order valence-electron chi connectivity index (χ1n) is 5.14. The van der Waals surface area contributed by atoms with Crippen LogP contribution in [-0.4, -0.2) is 23.5 Å². The summed E-state index contributed by atoms with van der Waals surface area (Å²) in [5.41, 5.74) is 0.745. The molecule has 1 aromatic carbocycles. The summed E-state index contributed by atoms with van der Waals surface area (Å²) < 4.78 is 0.338. The van der Waals surface area contributed by atoms with Gasteiger partial charge in [-0.25, -0.2) is 0 Å². The lowest BCUT2D eigenvalue weighted by atomic mass is 10.2. The number of amides is 1. The largest absolute Gasteiger partial charge is 0.351 e. The molecule has 15 heavy (non-hydrogen) atoms. The molecular formula is C12H15NOS. The zero-order chi connectivity index (χ0) is 10.7. The van der Waals surface area contributed by atoms with Gasteiger partial charge in [0.1, 0.15) is 0 Å². The van der Waals surface area contributed by atoms with Crippen molar-refractivity contribution in [2.45, 2.75) is 17.6 Å². The zero-order valence-electron chi connectivity index (χ0n) is 8.82. The molecule has 1 amide bonds. The van der Waals surface area contributed by atoms with Gasteiger partial charge in [-0.15, -0.1) is 0 Å². The van der Waals surface area contributed by atoms with Crippen molar-refractivity contribution in [3.05, 3.63) is 35.9 Å². The Hall–Kier alpha value is -0.960. The van der Waals surface area contributed by atoms with Crippen LogP contribution < -0.4 is 5.32 Å². The minimum absolute atomic E-state index is 0.0379. The molecular weight excluding hydrogens is 206 g/mol. The molecule has 1 fully saturated rings. The number of hydrogen-bond donors (Lipinski definition) is 1. The highest BCUT2D eigenvalue weighted by molar-refractivity contribution is 8.00. The van der Waals surface area contributed by atoms with Gasteiger partial charge in [-0.05, 0) is 31.2 Å². The van der Waals surface area contributed by atoms with E-state index in [1.165, 1.54) is 12.8 Å². The van der Waals surface area contributed by atoms with E-state index < -0.39 is 0 Å². The van der Waals surface area contributed by atoms with Gasteiger partial charge in [0.05, 0.1) is 0 Å². The van der Waals surface area contributed by atoms with Crippen LogP contribution in [0.15, 0.2) is 30.3 Å². The standard InChI is InChI=1S/C12H15NOS/c1-15-12(7-8-12)9-13-11(14)10-5-3-2-4-6-10/h2-6H,7-9H2,1H3,(H,13,14). The Labute approximate surface area is 94.4 Å². The van der Waals surface area contributed by atoms with Crippen LogP contribution in [0.5, 0.6) is 0 Å². The minimum atomic E-state index is 0.0379. The molecule has 80 valence electrons. The topological polar surface area (TPSA) is 29.1 Å². The maximum atomic E-state index is 11.7. The molecule has 1 aliphatic rings. The van der Waals surface area contributed by atoms with E-state index >= 15 is 0 Å². The molecule has 0 spiro atoms. The summed E-state index contributed by atoms with van der Waals surface area (Å²) >= 11 is 1.86. The highest BCUT2D eigenvalue weighted by Gasteiger charge is 2.41. The Morgan fingerprint density at radius 3 is 2.60 bits per heavy atom. The maximum Gasteiger partial charge on any atom is 0.251 e. The predicted octanol–water partition coefficient (Wildman–Crippen LogP) is 2.31. The van der Waals surface area contributed by atoms with Crippen molar-refractivity contribution in [1.29, 1.82) is 0 Å². The second-order valence-corrected chi connectivity index (χ2v) is 5.21. The summed E-state index contributed by atoms with van der Waals surface area (Å²) in [4.78, 5) is 11.7. The normalized spacial score (nSPS) is 17.1. The lowest BCUT2D eigenvalue weighted by Crippen LogP contribution is -2.31. The van der Waals surface area contributed by atoms with Crippen molar-refractivity contribution in [3.8, 4) is 0 Å². The van der Waals surface area contributed by atoms with E-state index in [9.17, 15) is 4.79 Å². The van der Waals surface area contributed by atoms with Crippen molar-refractivity contribution in [1.82, 2.24) is 5.32 Å². The molecule has 0 bridgehead atoms. The fourth-order valence-electron chi connectivity index (χ4n) is 1.53. The highest BCUT2D eigenvalue weighted by Crippen LogP contribution is 2.46. The van der Waals surface area contributed by atoms with Gasteiger partial charge < -0.3 is 5.32 Å². The van der Waals surface area contributed by atoms with Gasteiger partial charge in [-0.2, -0.15) is 11.8 Å². The molecule has 0 heterocycles. The first-order chi connectivity index (χ1) is 7.26. The molecule has 2 rings (SSSR count). The molecule has 0 aliphatic heterocycles. The second-order valence-electron chi connectivity index (χ2n) is 3.94. The quantitative estimate of drug-likeness (QED) is 0.845. The Bertz CT molecular complexity index is 346. The van der Waals surface area contributed by atoms with E-state index in [1.807, 2.05) is 42.1 Å². The number of carbonyl (C=O) groups excluding carboxylic acids is 1. The molecule has 1 aromatic rings. The van der Waals surface area contributed by atoms with Crippen LogP contribution in [0, 0.1) is 0 Å². The summed E-state index contributed by atoms with van der Waals surface area (Å²) in [6.07, 6.45) is 4.56. The first-order valence-corrected chi connectivity index (χ1v) is 6.37. The van der Waals surface area contributed by atoms with Gasteiger partial charge in [0.25, 0.3) is 5.91 Å². The molecule has 1 saturated carbocycles. The van der Waals surface area contributed by atoms with Crippen LogP contribution in [-0.2, 0) is 0 Å². The molecule has 0 aromatic heterocycles. The minimum Gasteiger partial charge on any atom is -0.351 e. The van der Waals surface area contributed by atoms with Gasteiger partial charge in [0.2, 0.25) is 0 Å². The number of rotatable bonds is 4. The van der Waals surface area contributed by atoms with Crippen molar-refractivity contribution in [3.63, 3.8) is 0 Å². The molecule has 1 N–H and O–H groups in total. The van der Waals surface area contributed by atoms with Gasteiger partial charge in [0.15, 0.2) is 0 Å². The summed E-state index contributed by atoms with van der Waals surface area (Å²) in [6, 6.07) is 9.37. The van der Waals surface area contributed by atoms with Crippen LogP contribution in [0.25, 0.3) is 0 Å². The number of benzene rings is 1. The SMILES string of the molecule is CSC1(CNC(=O)c2ccccc2)CC1. The van der Waals surface area contributed by atoms with E-state index in [4.69, 9.17) is 0 Å². The number of thioether (sulfide) groups is 1. The Morgan fingerprint density at radius 1 is 1.40 bits per heavy atom. The molecule has 0 atom stereocenters. The molecule has 2 nitrogen and oxygen atoms in total. The van der Waals surface area contributed by atoms with E-state index in [2.05, 4.69) is 11.6 Å². The predicted molar refractivity (Wildman–Crippen MR) is 64.3 cm³/mol. The van der Waals surface area contributed by atoms with Gasteiger partial charge in [-0.1, -0.05) is 18.2 Å². The third kappa shape index (κ3) is 2.53. The van der Waals surface area contributed by atoms with Gasteiger partial charge in [-0.3, -0.25) is 4.79 Å². The van der Waals surface area contributed by atoms with Gasteiger partial charge >= 0.3 is 0 Å². The first kappa shape index (κ1) is 10.6. The molecule has 0 radical (unpaired) electrons. The second kappa shape index (κ2) is 4.27. The molecule has 0 unspecified atom stereocenters. The Balaban J connectivity index is 1.88. The third-order valence-corrected chi connectivity index (χ3v) is 4.27. The zero-order valence-corrected chi connectivity index (χ0v) is 9.64. The Morgan fingerprint density at radius 2 is 2.07 bits per heavy atom. The maximum absolute atomic E-state index is 11.7. The summed E-state index contributed by atoms with van der Waals surface area (Å²) in [7, 11) is 0. The molecule has 3 heteroatoms. The van der Waals surface area contributed by atoms with Crippen LogP contribution in [0.3, 0.4) is 0 Å². The lowest BCUT2D eigenvalue weighted by molar-refractivity contribution is 0.0953. The summed E-state index contributed by atoms with van der Waals surface area (Å²) in [5, 5.41) is 2.99. The van der Waals surface area contributed by atoms with E-state index in [0.717, 1.165) is 12.1 Å². The molecule has 0 saturated heterocycles. The summed E-state index contributed by atoms with van der Waals surface area (Å²) in [5.74, 6) is 0.0379. The van der Waals surface area contributed by atoms with Crippen molar-refractivity contribution >= 4 is 17.7 Å². The molecule has 1 aliphatic carbocycles. The van der Waals surface area contributed by atoms with Crippen molar-refractivity contribution in [2.24, 2.45) is 0 Å². The van der Waals surface area contributed by atoms with E-state index in [0.29, 0.717) is 4.75 Å². The third-order valence-electron chi connectivity index (χ3n) is 2.85. The highest BCUT2D eigenvalue weighted by atomic mass is 32.2. The number of hydrogen-bond acceptors (Lipinski definition) is 2. The van der Waals surface area contributed by atoms with Gasteiger partial charge in [0, 0.05) is 16.9 Å². The number of nitrogens with one attached hydrogen (secondary N) is 1. The fraction of sp³-hybridized carbons (Fsp3) is 0.417. The number of carbonyl (C=O) groups is 1.